The van der Waals surface area contributed by atoms with Gasteiger partial charge in [-0.05, 0) is 145 Å². The summed E-state index contributed by atoms with van der Waals surface area (Å²) in [7, 11) is 32.4. The minimum Gasteiger partial charge on any atom is -0.310 e. The number of rotatable bonds is 9. The molecule has 0 fully saturated rings. The van der Waals surface area contributed by atoms with Crippen molar-refractivity contribution in [2.24, 2.45) is 0 Å². The summed E-state index contributed by atoms with van der Waals surface area (Å²) in [5, 5.41) is 0. The predicted molar refractivity (Wildman–Crippen MR) is 315 cm³/mol. The summed E-state index contributed by atoms with van der Waals surface area (Å²) in [6.07, 6.45) is 0. The molecule has 0 aliphatic heterocycles. The van der Waals surface area contributed by atoms with Crippen molar-refractivity contribution in [3.8, 4) is 55.6 Å². The second-order valence-electron chi connectivity index (χ2n) is 19.1. The molecule has 10 radical (unpaired) electrons. The Labute approximate surface area is 440 Å². The van der Waals surface area contributed by atoms with Crippen LogP contribution in [0.4, 0.5) is 34.1 Å². The fraction of sp³-hybridized carbons (Fsp3) is 0.0149. The van der Waals surface area contributed by atoms with Gasteiger partial charge in [-0.15, -0.1) is 16.4 Å². The van der Waals surface area contributed by atoms with Crippen molar-refractivity contribution in [2.45, 2.75) is 5.41 Å². The highest BCUT2D eigenvalue weighted by molar-refractivity contribution is 6.68. The van der Waals surface area contributed by atoms with Crippen LogP contribution in [0.15, 0.2) is 249 Å². The van der Waals surface area contributed by atoms with Gasteiger partial charge in [-0.25, -0.2) is 0 Å². The highest BCUT2D eigenvalue weighted by Gasteiger charge is 2.52. The number of benzene rings is 11. The Morgan fingerprint density at radius 2 is 0.635 bits per heavy atom. The number of fused-ring (bicyclic) bond motifs is 10. The Morgan fingerprint density at radius 1 is 0.243 bits per heavy atom. The maximum atomic E-state index is 6.66. The molecular weight excluding hydrogens is 887 g/mol. The molecule has 0 saturated heterocycles. The summed E-state index contributed by atoms with van der Waals surface area (Å²) in [5.74, 6) is 0. The summed E-state index contributed by atoms with van der Waals surface area (Å²) in [6, 6.07) is 89.5. The van der Waals surface area contributed by atoms with Crippen LogP contribution in [0.2, 0.25) is 0 Å². The third kappa shape index (κ3) is 7.09. The van der Waals surface area contributed by atoms with E-state index in [-0.39, 0.29) is 16.4 Å². The van der Waals surface area contributed by atoms with E-state index in [1.54, 1.807) is 0 Å². The molecule has 11 aromatic rings. The van der Waals surface area contributed by atoms with Crippen LogP contribution < -0.4 is 37.1 Å². The van der Waals surface area contributed by atoms with Gasteiger partial charge in [0, 0.05) is 34.0 Å². The van der Waals surface area contributed by atoms with Gasteiger partial charge in [0.25, 0.3) is 0 Å². The second-order valence-corrected chi connectivity index (χ2v) is 19.1. The zero-order valence-electron chi connectivity index (χ0n) is 40.5. The van der Waals surface area contributed by atoms with Crippen LogP contribution >= 0.6 is 0 Å². The molecule has 1 atom stereocenters. The number of nitrogens with zero attached hydrogens (tertiary/aromatic N) is 2. The smallest absolute Gasteiger partial charge is 0.113 e. The highest BCUT2D eigenvalue weighted by atomic mass is 15.1. The van der Waals surface area contributed by atoms with Gasteiger partial charge >= 0.3 is 0 Å². The van der Waals surface area contributed by atoms with Gasteiger partial charge in [-0.1, -0.05) is 187 Å². The van der Waals surface area contributed by atoms with E-state index in [2.05, 4.69) is 246 Å². The molecule has 7 heteroatoms. The first-order valence-corrected chi connectivity index (χ1v) is 24.9. The molecule has 0 aromatic heterocycles. The highest BCUT2D eigenvalue weighted by Crippen LogP contribution is 2.64. The Hall–Kier alpha value is -8.66. The van der Waals surface area contributed by atoms with E-state index >= 15 is 0 Å². The SMILES string of the molecule is [B]c1c([B])c([B])c(-c2ccc(N(c3ccc4c(c3)C3(c5ccccc5-c5ccc(N(c6ccccc6)c6ccccc6)cc53)c3ccccc3-4)c3ccc(-c4ccccc4)cc3-c3ccccc3)cc2)c([B])c1[B]. The van der Waals surface area contributed by atoms with E-state index < -0.39 is 5.41 Å². The molecule has 0 amide bonds. The van der Waals surface area contributed by atoms with E-state index in [1.807, 2.05) is 12.1 Å². The minimum atomic E-state index is -0.665. The largest absolute Gasteiger partial charge is 0.310 e. The molecule has 74 heavy (non-hydrogen) atoms. The lowest BCUT2D eigenvalue weighted by molar-refractivity contribution is 0.793. The van der Waals surface area contributed by atoms with E-state index in [0.29, 0.717) is 16.5 Å². The van der Waals surface area contributed by atoms with Gasteiger partial charge in [-0.2, -0.15) is 0 Å². The van der Waals surface area contributed by atoms with Crippen LogP contribution in [0.1, 0.15) is 22.3 Å². The van der Waals surface area contributed by atoms with Gasteiger partial charge in [0.05, 0.1) is 11.1 Å². The fourth-order valence-corrected chi connectivity index (χ4v) is 11.7. The van der Waals surface area contributed by atoms with Gasteiger partial charge < -0.3 is 9.80 Å². The molecular formula is C67H41B5N2. The average Bonchev–Trinajstić information content (AvgIpc) is 4.03. The van der Waals surface area contributed by atoms with Crippen molar-refractivity contribution in [2.75, 3.05) is 9.80 Å². The van der Waals surface area contributed by atoms with Crippen molar-refractivity contribution < 1.29 is 0 Å². The van der Waals surface area contributed by atoms with E-state index in [1.165, 1.54) is 44.5 Å². The standard InChI is InChI=1S/C67H41B5N2/c68-62-61(63(69)65(71)66(72)64(62)70)44-29-32-48(33-30-44)74(60-38-31-45(42-17-5-1-6-18-42)39-55(60)43-19-7-2-8-20-43)50-35-37-54-52-26-14-16-28-57(52)67(59(54)41-50)56-27-15-13-25-51(56)53-36-34-49(40-58(53)67)73(46-21-9-3-10-22-46)47-23-11-4-12-24-47/h1-41H. The summed E-state index contributed by atoms with van der Waals surface area (Å²) < 4.78 is 0. The van der Waals surface area contributed by atoms with Crippen molar-refractivity contribution >= 4 is 101 Å². The molecule has 0 N–H and O–H groups in total. The van der Waals surface area contributed by atoms with Crippen LogP contribution in [-0.2, 0) is 5.41 Å². The predicted octanol–water partition coefficient (Wildman–Crippen LogP) is 11.9. The molecule has 0 bridgehead atoms. The fourth-order valence-electron chi connectivity index (χ4n) is 11.7. The Morgan fingerprint density at radius 3 is 1.16 bits per heavy atom. The van der Waals surface area contributed by atoms with Crippen molar-refractivity contribution in [3.63, 3.8) is 0 Å². The molecule has 2 aliphatic carbocycles. The zero-order valence-corrected chi connectivity index (χ0v) is 40.5. The normalized spacial score (nSPS) is 13.7. The van der Waals surface area contributed by atoms with Crippen LogP contribution in [0, 0.1) is 0 Å². The second kappa shape index (κ2) is 18.1. The quantitative estimate of drug-likeness (QED) is 0.133. The summed E-state index contributed by atoms with van der Waals surface area (Å²) in [6.45, 7) is 0. The maximum Gasteiger partial charge on any atom is 0.113 e. The average molecular weight is 928 g/mol. The van der Waals surface area contributed by atoms with Gasteiger partial charge in [0.1, 0.15) is 39.2 Å². The van der Waals surface area contributed by atoms with Crippen molar-refractivity contribution in [3.05, 3.63) is 271 Å². The Balaban J connectivity index is 1.06. The van der Waals surface area contributed by atoms with Crippen LogP contribution in [0.3, 0.4) is 0 Å². The Kier molecular flexibility index (Phi) is 11.1. The van der Waals surface area contributed by atoms with Crippen LogP contribution in [0.25, 0.3) is 55.6 Å². The lowest BCUT2D eigenvalue weighted by atomic mass is 9.60. The first-order chi connectivity index (χ1) is 36.3. The van der Waals surface area contributed by atoms with Crippen LogP contribution in [-0.4, -0.2) is 39.2 Å². The van der Waals surface area contributed by atoms with Gasteiger partial charge in [0.2, 0.25) is 0 Å². The molecule has 1 unspecified atom stereocenters. The summed E-state index contributed by atoms with van der Waals surface area (Å²) in [5.41, 5.74) is 22.3. The molecule has 0 saturated carbocycles. The minimum absolute atomic E-state index is 0.184. The van der Waals surface area contributed by atoms with Gasteiger partial charge in [0.15, 0.2) is 0 Å². The van der Waals surface area contributed by atoms with Crippen molar-refractivity contribution in [1.82, 2.24) is 0 Å². The first-order valence-electron chi connectivity index (χ1n) is 24.9. The molecule has 2 aliphatic rings. The third-order valence-electron chi connectivity index (χ3n) is 15.1. The lowest BCUT2D eigenvalue weighted by Gasteiger charge is -2.34. The summed E-state index contributed by atoms with van der Waals surface area (Å²) in [4.78, 5) is 4.74. The molecule has 1 spiro atoms. The van der Waals surface area contributed by atoms with Gasteiger partial charge in [-0.3, -0.25) is 0 Å². The maximum absolute atomic E-state index is 6.66. The van der Waals surface area contributed by atoms with E-state index in [0.717, 1.165) is 61.9 Å². The Bertz CT molecular complexity index is 3880. The molecule has 334 valence electrons. The number of hydrogen-bond acceptors (Lipinski definition) is 2. The monoisotopic (exact) mass is 928 g/mol. The number of hydrogen-bond donors (Lipinski definition) is 0. The third-order valence-corrected chi connectivity index (χ3v) is 15.1. The lowest BCUT2D eigenvalue weighted by Crippen LogP contribution is -2.55. The van der Waals surface area contributed by atoms with E-state index in [9.17, 15) is 0 Å². The molecule has 0 heterocycles. The van der Waals surface area contributed by atoms with Crippen LogP contribution in [0.5, 0.6) is 0 Å². The molecule has 13 rings (SSSR count). The summed E-state index contributed by atoms with van der Waals surface area (Å²) >= 11 is 0. The topological polar surface area (TPSA) is 6.48 Å². The van der Waals surface area contributed by atoms with Crippen molar-refractivity contribution in [1.29, 1.82) is 0 Å². The molecule has 11 aromatic carbocycles. The first kappa shape index (κ1) is 45.2. The molecule has 2 nitrogen and oxygen atoms in total. The van der Waals surface area contributed by atoms with E-state index in [4.69, 9.17) is 39.2 Å². The number of anilines is 6. The number of para-hydroxylation sites is 2. The zero-order chi connectivity index (χ0) is 50.1.